The molecule has 188 valence electrons. The van der Waals surface area contributed by atoms with E-state index in [1.807, 2.05) is 24.3 Å². The maximum Gasteiger partial charge on any atom is 0.329 e. The van der Waals surface area contributed by atoms with Crippen LogP contribution in [0.2, 0.25) is 10.0 Å². The number of carbonyl (C=O) groups is 2. The molecule has 0 bridgehead atoms. The van der Waals surface area contributed by atoms with Gasteiger partial charge in [-0.3, -0.25) is 9.59 Å². The SMILES string of the molecule is COc1cc(/C(C)=N/NC(=O)C(=O)Nc2ccc(Cl)c(Cl)c2)ccc1OCc1cccc2ccccc12. The van der Waals surface area contributed by atoms with E-state index >= 15 is 0 Å². The molecular formula is C28H23Cl2N3O4. The highest BCUT2D eigenvalue weighted by molar-refractivity contribution is 6.43. The molecule has 0 heterocycles. The molecule has 0 unspecified atom stereocenters. The van der Waals surface area contributed by atoms with Gasteiger partial charge in [-0.25, -0.2) is 5.43 Å². The summed E-state index contributed by atoms with van der Waals surface area (Å²) in [6.45, 7) is 2.07. The lowest BCUT2D eigenvalue weighted by Gasteiger charge is -2.13. The molecular weight excluding hydrogens is 513 g/mol. The lowest BCUT2D eigenvalue weighted by atomic mass is 10.1. The highest BCUT2D eigenvalue weighted by Gasteiger charge is 2.15. The first kappa shape index (κ1) is 26.0. The van der Waals surface area contributed by atoms with E-state index in [2.05, 4.69) is 34.0 Å². The van der Waals surface area contributed by atoms with E-state index in [4.69, 9.17) is 32.7 Å². The van der Waals surface area contributed by atoms with Crippen LogP contribution in [0.25, 0.3) is 10.8 Å². The van der Waals surface area contributed by atoms with Crippen molar-refractivity contribution in [3.63, 3.8) is 0 Å². The summed E-state index contributed by atoms with van der Waals surface area (Å²) < 4.78 is 11.6. The third-order valence-electron chi connectivity index (χ3n) is 5.55. The van der Waals surface area contributed by atoms with Gasteiger partial charge < -0.3 is 14.8 Å². The number of nitrogens with one attached hydrogen (secondary N) is 2. The fourth-order valence-electron chi connectivity index (χ4n) is 3.60. The molecule has 37 heavy (non-hydrogen) atoms. The number of halogens is 2. The van der Waals surface area contributed by atoms with Gasteiger partial charge in [0.15, 0.2) is 11.5 Å². The van der Waals surface area contributed by atoms with Crippen molar-refractivity contribution >= 4 is 57.2 Å². The van der Waals surface area contributed by atoms with Crippen LogP contribution in [0.5, 0.6) is 11.5 Å². The summed E-state index contributed by atoms with van der Waals surface area (Å²) in [5.74, 6) is -0.759. The number of hydrogen-bond acceptors (Lipinski definition) is 5. The van der Waals surface area contributed by atoms with Crippen LogP contribution in [-0.2, 0) is 16.2 Å². The molecule has 0 aliphatic carbocycles. The van der Waals surface area contributed by atoms with Crippen LogP contribution in [0.1, 0.15) is 18.1 Å². The van der Waals surface area contributed by atoms with Crippen molar-refractivity contribution in [3.05, 3.63) is 100 Å². The number of rotatable bonds is 7. The van der Waals surface area contributed by atoms with Gasteiger partial charge in [-0.1, -0.05) is 65.7 Å². The predicted molar refractivity (Wildman–Crippen MR) is 147 cm³/mol. The van der Waals surface area contributed by atoms with Gasteiger partial charge in [0.2, 0.25) is 0 Å². The van der Waals surface area contributed by atoms with Crippen LogP contribution in [0.3, 0.4) is 0 Å². The number of fused-ring (bicyclic) bond motifs is 1. The first-order valence-electron chi connectivity index (χ1n) is 11.2. The monoisotopic (exact) mass is 535 g/mol. The maximum atomic E-state index is 12.2. The fraction of sp³-hybridized carbons (Fsp3) is 0.107. The normalized spacial score (nSPS) is 11.2. The molecule has 2 N–H and O–H groups in total. The maximum absolute atomic E-state index is 12.2. The van der Waals surface area contributed by atoms with E-state index in [0.29, 0.717) is 40.1 Å². The van der Waals surface area contributed by atoms with Crippen molar-refractivity contribution in [2.24, 2.45) is 5.10 Å². The third kappa shape index (κ3) is 6.39. The molecule has 0 saturated heterocycles. The van der Waals surface area contributed by atoms with Crippen LogP contribution in [0.4, 0.5) is 5.69 Å². The average Bonchev–Trinajstić information content (AvgIpc) is 2.92. The minimum absolute atomic E-state index is 0.257. The first-order chi connectivity index (χ1) is 17.9. The standard InChI is InChI=1S/C28H23Cl2N3O4/c1-17(32-33-28(35)27(34)31-21-11-12-23(29)24(30)15-21)19-10-13-25(26(14-19)36-2)37-16-20-8-5-7-18-6-3-4-9-22(18)20/h3-15H,16H2,1-2H3,(H,31,34)(H,33,35)/b32-17+. The van der Waals surface area contributed by atoms with Crippen molar-refractivity contribution < 1.29 is 19.1 Å². The largest absolute Gasteiger partial charge is 0.493 e. The summed E-state index contributed by atoms with van der Waals surface area (Å²) in [7, 11) is 1.55. The Labute approximate surface area is 224 Å². The molecule has 0 radical (unpaired) electrons. The van der Waals surface area contributed by atoms with Crippen LogP contribution in [0.15, 0.2) is 84.0 Å². The Morgan fingerprint density at radius 2 is 1.65 bits per heavy atom. The van der Waals surface area contributed by atoms with Crippen LogP contribution < -0.4 is 20.2 Å². The van der Waals surface area contributed by atoms with E-state index in [-0.39, 0.29) is 5.02 Å². The molecule has 4 aromatic rings. The average molecular weight is 536 g/mol. The topological polar surface area (TPSA) is 89.0 Å². The van der Waals surface area contributed by atoms with Crippen molar-refractivity contribution in [1.29, 1.82) is 0 Å². The smallest absolute Gasteiger partial charge is 0.329 e. The lowest BCUT2D eigenvalue weighted by Crippen LogP contribution is -2.32. The zero-order valence-electron chi connectivity index (χ0n) is 20.0. The summed E-state index contributed by atoms with van der Waals surface area (Å²) in [4.78, 5) is 24.4. The summed E-state index contributed by atoms with van der Waals surface area (Å²) in [5, 5.41) is 9.34. The molecule has 4 rings (SSSR count). The summed E-state index contributed by atoms with van der Waals surface area (Å²) in [5.41, 5.74) is 4.79. The van der Waals surface area contributed by atoms with Gasteiger partial charge in [-0.05, 0) is 59.7 Å². The number of benzene rings is 4. The van der Waals surface area contributed by atoms with Gasteiger partial charge in [0.05, 0.1) is 22.9 Å². The molecule has 0 atom stereocenters. The number of nitrogens with zero attached hydrogens (tertiary/aromatic N) is 1. The van der Waals surface area contributed by atoms with E-state index in [9.17, 15) is 9.59 Å². The second kappa shape index (κ2) is 11.8. The number of hydrogen-bond donors (Lipinski definition) is 2. The summed E-state index contributed by atoms with van der Waals surface area (Å²) >= 11 is 11.8. The molecule has 2 amide bonds. The molecule has 0 aliphatic rings. The quantitative estimate of drug-likeness (QED) is 0.167. The number of carbonyl (C=O) groups excluding carboxylic acids is 2. The minimum Gasteiger partial charge on any atom is -0.493 e. The molecule has 0 spiro atoms. The van der Waals surface area contributed by atoms with Gasteiger partial charge in [-0.2, -0.15) is 5.10 Å². The Kier molecular flexibility index (Phi) is 8.28. The molecule has 4 aromatic carbocycles. The van der Waals surface area contributed by atoms with Crippen molar-refractivity contribution in [3.8, 4) is 11.5 Å². The Balaban J connectivity index is 1.41. The van der Waals surface area contributed by atoms with E-state index in [1.165, 1.54) is 18.2 Å². The summed E-state index contributed by atoms with van der Waals surface area (Å²) in [6, 6.07) is 24.0. The molecule has 7 nitrogen and oxygen atoms in total. The zero-order valence-corrected chi connectivity index (χ0v) is 21.6. The number of ether oxygens (including phenoxy) is 2. The highest BCUT2D eigenvalue weighted by atomic mass is 35.5. The number of anilines is 1. The van der Waals surface area contributed by atoms with E-state index in [1.54, 1.807) is 32.2 Å². The van der Waals surface area contributed by atoms with Crippen LogP contribution >= 0.6 is 23.2 Å². The Bertz CT molecular complexity index is 1500. The molecule has 0 saturated carbocycles. The fourth-order valence-corrected chi connectivity index (χ4v) is 3.90. The summed E-state index contributed by atoms with van der Waals surface area (Å²) in [6.07, 6.45) is 0. The van der Waals surface area contributed by atoms with Gasteiger partial charge >= 0.3 is 11.8 Å². The van der Waals surface area contributed by atoms with Gasteiger partial charge in [-0.15, -0.1) is 0 Å². The molecule has 0 aromatic heterocycles. The number of methoxy groups -OCH3 is 1. The number of amides is 2. The van der Waals surface area contributed by atoms with Crippen LogP contribution in [0, 0.1) is 0 Å². The lowest BCUT2D eigenvalue weighted by molar-refractivity contribution is -0.136. The van der Waals surface area contributed by atoms with Crippen molar-refractivity contribution in [2.45, 2.75) is 13.5 Å². The van der Waals surface area contributed by atoms with Gasteiger partial charge in [0.1, 0.15) is 6.61 Å². The molecule has 9 heteroatoms. The second-order valence-corrected chi connectivity index (χ2v) is 8.83. The first-order valence-corrected chi connectivity index (χ1v) is 12.0. The second-order valence-electron chi connectivity index (χ2n) is 8.01. The predicted octanol–water partition coefficient (Wildman–Crippen LogP) is 6.21. The molecule has 0 aliphatic heterocycles. The number of hydrazone groups is 1. The van der Waals surface area contributed by atoms with Gasteiger partial charge in [0, 0.05) is 11.3 Å². The Hall–Kier alpha value is -4.07. The van der Waals surface area contributed by atoms with Gasteiger partial charge in [0.25, 0.3) is 0 Å². The Morgan fingerprint density at radius 1 is 0.865 bits per heavy atom. The third-order valence-corrected chi connectivity index (χ3v) is 6.29. The van der Waals surface area contributed by atoms with Crippen LogP contribution in [-0.4, -0.2) is 24.6 Å². The van der Waals surface area contributed by atoms with E-state index in [0.717, 1.165) is 16.3 Å². The minimum atomic E-state index is -0.938. The Morgan fingerprint density at radius 3 is 2.43 bits per heavy atom. The van der Waals surface area contributed by atoms with E-state index < -0.39 is 11.8 Å². The van der Waals surface area contributed by atoms with Crippen molar-refractivity contribution in [2.75, 3.05) is 12.4 Å². The highest BCUT2D eigenvalue weighted by Crippen LogP contribution is 2.30. The molecule has 0 fully saturated rings. The zero-order chi connectivity index (χ0) is 26.4. The van der Waals surface area contributed by atoms with Crippen molar-refractivity contribution in [1.82, 2.24) is 5.43 Å².